The zero-order valence-electron chi connectivity index (χ0n) is 8.39. The summed E-state index contributed by atoms with van der Waals surface area (Å²) in [4.78, 5) is 14.6. The van der Waals surface area contributed by atoms with Crippen LogP contribution in [0.2, 0.25) is 0 Å². The molecule has 0 unspecified atom stereocenters. The van der Waals surface area contributed by atoms with Crippen LogP contribution in [0.25, 0.3) is 0 Å². The quantitative estimate of drug-likeness (QED) is 0.527. The number of β-lactam (4-membered cyclic amide) rings is 1. The smallest absolute Gasteiger partial charge is 0.237 e. The zero-order valence-corrected chi connectivity index (χ0v) is 9.20. The largest absolute Gasteiger partial charge is 0.373 e. The van der Waals surface area contributed by atoms with Crippen molar-refractivity contribution < 1.29 is 9.53 Å². The molecule has 0 aromatic carbocycles. The minimum Gasteiger partial charge on any atom is -0.373 e. The molecule has 3 aliphatic rings. The second kappa shape index (κ2) is 3.39. The van der Waals surface area contributed by atoms with Crippen LogP contribution in [0.3, 0.4) is 0 Å². The molecular formula is C11H13NO2S. The van der Waals surface area contributed by atoms with Crippen LogP contribution in [0.5, 0.6) is 0 Å². The fourth-order valence-corrected chi connectivity index (χ4v) is 3.71. The van der Waals surface area contributed by atoms with Gasteiger partial charge >= 0.3 is 0 Å². The van der Waals surface area contributed by atoms with Gasteiger partial charge in [-0.15, -0.1) is 6.58 Å². The van der Waals surface area contributed by atoms with Crippen LogP contribution in [0.1, 0.15) is 12.8 Å². The summed E-state index contributed by atoms with van der Waals surface area (Å²) in [6, 6.07) is 0. The Morgan fingerprint density at radius 2 is 2.53 bits per heavy atom. The molecule has 1 amide bonds. The number of amides is 1. The van der Waals surface area contributed by atoms with Crippen molar-refractivity contribution in [3.05, 3.63) is 23.8 Å². The molecule has 0 aliphatic carbocycles. The fourth-order valence-electron chi connectivity index (χ4n) is 2.26. The van der Waals surface area contributed by atoms with Gasteiger partial charge in [-0.05, 0) is 12.8 Å². The number of carbonyl (C=O) groups is 1. The number of thioether (sulfide) groups is 1. The summed E-state index contributed by atoms with van der Waals surface area (Å²) in [5.41, 5.74) is 0. The molecule has 4 heteroatoms. The maximum atomic E-state index is 11.6. The Kier molecular flexibility index (Phi) is 2.14. The molecule has 0 radical (unpaired) electrons. The third-order valence-corrected chi connectivity index (χ3v) is 4.55. The van der Waals surface area contributed by atoms with Crippen LogP contribution in [0.15, 0.2) is 23.8 Å². The van der Waals surface area contributed by atoms with Gasteiger partial charge in [-0.3, -0.25) is 4.79 Å². The van der Waals surface area contributed by atoms with Crippen LogP contribution in [-0.4, -0.2) is 28.9 Å². The highest BCUT2D eigenvalue weighted by molar-refractivity contribution is 8.04. The van der Waals surface area contributed by atoms with Crippen LogP contribution >= 0.6 is 11.8 Å². The first kappa shape index (κ1) is 9.48. The highest BCUT2D eigenvalue weighted by Crippen LogP contribution is 2.48. The van der Waals surface area contributed by atoms with Crippen LogP contribution in [-0.2, 0) is 9.53 Å². The van der Waals surface area contributed by atoms with Crippen molar-refractivity contribution in [2.45, 2.75) is 24.3 Å². The SMILES string of the molecule is C=C[C@H]1C(=O)N2C=C([C@H]3CCCO3)S[C@H]12. The Balaban J connectivity index is 1.75. The van der Waals surface area contributed by atoms with Crippen molar-refractivity contribution in [2.24, 2.45) is 5.92 Å². The number of hydrogen-bond donors (Lipinski definition) is 0. The minimum atomic E-state index is 0.00477. The summed E-state index contributed by atoms with van der Waals surface area (Å²) >= 11 is 1.76. The molecule has 0 N–H and O–H groups in total. The van der Waals surface area contributed by atoms with Crippen molar-refractivity contribution >= 4 is 17.7 Å². The molecule has 3 rings (SSSR count). The standard InChI is InChI=1S/C11H13NO2S/c1-2-7-10(13)12-6-9(15-11(7)12)8-4-3-5-14-8/h2,6-8,11H,1,3-5H2/t7-,8+,11+/m0/s1. The van der Waals surface area contributed by atoms with Crippen molar-refractivity contribution in [3.63, 3.8) is 0 Å². The maximum absolute atomic E-state index is 11.6. The summed E-state index contributed by atoms with van der Waals surface area (Å²) in [5, 5.41) is 0.259. The van der Waals surface area contributed by atoms with Gasteiger partial charge in [0.05, 0.1) is 12.0 Å². The first-order valence-electron chi connectivity index (χ1n) is 5.26. The molecular weight excluding hydrogens is 210 g/mol. The molecule has 80 valence electrons. The van der Waals surface area contributed by atoms with E-state index in [4.69, 9.17) is 4.74 Å². The lowest BCUT2D eigenvalue weighted by Crippen LogP contribution is -2.53. The second-order valence-corrected chi connectivity index (χ2v) is 5.24. The summed E-state index contributed by atoms with van der Waals surface area (Å²) in [6.45, 7) is 4.55. The lowest BCUT2D eigenvalue weighted by atomic mass is 9.99. The van der Waals surface area contributed by atoms with E-state index >= 15 is 0 Å². The van der Waals surface area contributed by atoms with E-state index < -0.39 is 0 Å². The Morgan fingerprint density at radius 1 is 1.67 bits per heavy atom. The van der Waals surface area contributed by atoms with Gasteiger partial charge in [-0.1, -0.05) is 17.8 Å². The van der Waals surface area contributed by atoms with Crippen LogP contribution in [0, 0.1) is 5.92 Å². The monoisotopic (exact) mass is 223 g/mol. The molecule has 0 spiro atoms. The van der Waals surface area contributed by atoms with Gasteiger partial charge in [-0.2, -0.15) is 0 Å². The second-order valence-electron chi connectivity index (χ2n) is 4.05. The highest BCUT2D eigenvalue weighted by Gasteiger charge is 2.50. The Bertz CT molecular complexity index is 346. The predicted molar refractivity (Wildman–Crippen MR) is 59.0 cm³/mol. The van der Waals surface area contributed by atoms with E-state index in [1.54, 1.807) is 17.8 Å². The molecule has 3 aliphatic heterocycles. The number of carbonyl (C=O) groups excluding carboxylic acids is 1. The number of ether oxygens (including phenoxy) is 1. The van der Waals surface area contributed by atoms with Gasteiger partial charge in [-0.25, -0.2) is 0 Å². The Labute approximate surface area is 93.1 Å². The first-order chi connectivity index (χ1) is 7.31. The van der Waals surface area contributed by atoms with Crippen molar-refractivity contribution in [1.29, 1.82) is 0 Å². The minimum absolute atomic E-state index is 0.00477. The van der Waals surface area contributed by atoms with Crippen LogP contribution < -0.4 is 0 Å². The van der Waals surface area contributed by atoms with E-state index in [1.165, 1.54) is 4.91 Å². The van der Waals surface area contributed by atoms with Gasteiger partial charge < -0.3 is 9.64 Å². The third-order valence-electron chi connectivity index (χ3n) is 3.15. The molecule has 0 aromatic rings. The highest BCUT2D eigenvalue weighted by atomic mass is 32.2. The summed E-state index contributed by atoms with van der Waals surface area (Å²) in [7, 11) is 0. The predicted octanol–water partition coefficient (Wildman–Crippen LogP) is 1.72. The molecule has 0 bridgehead atoms. The average molecular weight is 223 g/mol. The molecule has 2 fully saturated rings. The van der Waals surface area contributed by atoms with Gasteiger partial charge in [0.1, 0.15) is 5.37 Å². The Morgan fingerprint density at radius 3 is 3.20 bits per heavy atom. The third kappa shape index (κ3) is 1.28. The number of fused-ring (bicyclic) bond motifs is 1. The number of hydrogen-bond acceptors (Lipinski definition) is 3. The van der Waals surface area contributed by atoms with E-state index in [2.05, 4.69) is 6.58 Å². The van der Waals surface area contributed by atoms with E-state index in [1.807, 2.05) is 11.1 Å². The summed E-state index contributed by atoms with van der Waals surface area (Å²) in [6.07, 6.45) is 6.17. The van der Waals surface area contributed by atoms with E-state index in [0.29, 0.717) is 0 Å². The van der Waals surface area contributed by atoms with Gasteiger partial charge in [0.2, 0.25) is 5.91 Å². The maximum Gasteiger partial charge on any atom is 0.237 e. The molecule has 3 nitrogen and oxygen atoms in total. The lowest BCUT2D eigenvalue weighted by Gasteiger charge is -2.39. The molecule has 0 aromatic heterocycles. The van der Waals surface area contributed by atoms with E-state index in [-0.39, 0.29) is 23.3 Å². The molecule has 3 atom stereocenters. The topological polar surface area (TPSA) is 29.5 Å². The lowest BCUT2D eigenvalue weighted by molar-refractivity contribution is -0.142. The van der Waals surface area contributed by atoms with Crippen molar-refractivity contribution in [1.82, 2.24) is 4.90 Å². The number of rotatable bonds is 2. The fraction of sp³-hybridized carbons (Fsp3) is 0.545. The van der Waals surface area contributed by atoms with Gasteiger partial charge in [0.25, 0.3) is 0 Å². The average Bonchev–Trinajstić information content (AvgIpc) is 2.83. The van der Waals surface area contributed by atoms with E-state index in [0.717, 1.165) is 19.4 Å². The number of nitrogens with zero attached hydrogens (tertiary/aromatic N) is 1. The van der Waals surface area contributed by atoms with Gasteiger partial charge in [0.15, 0.2) is 0 Å². The van der Waals surface area contributed by atoms with Crippen LogP contribution in [0.4, 0.5) is 0 Å². The zero-order chi connectivity index (χ0) is 10.4. The molecule has 0 saturated carbocycles. The van der Waals surface area contributed by atoms with Crippen molar-refractivity contribution in [2.75, 3.05) is 6.61 Å². The first-order valence-corrected chi connectivity index (χ1v) is 6.14. The Hall–Kier alpha value is -0.740. The molecule has 3 heterocycles. The normalized spacial score (nSPS) is 38.7. The summed E-state index contributed by atoms with van der Waals surface area (Å²) < 4.78 is 5.61. The van der Waals surface area contributed by atoms with Gasteiger partial charge in [0, 0.05) is 17.7 Å². The summed E-state index contributed by atoms with van der Waals surface area (Å²) in [5.74, 6) is 0.181. The van der Waals surface area contributed by atoms with Crippen molar-refractivity contribution in [3.8, 4) is 0 Å². The van der Waals surface area contributed by atoms with E-state index in [9.17, 15) is 4.79 Å². The molecule has 15 heavy (non-hydrogen) atoms. The molecule has 2 saturated heterocycles.